The third-order valence-electron chi connectivity index (χ3n) is 4.27. The van der Waals surface area contributed by atoms with Gasteiger partial charge >= 0.3 is 0 Å². The van der Waals surface area contributed by atoms with E-state index in [0.29, 0.717) is 38.7 Å². The molecule has 3 heterocycles. The summed E-state index contributed by atoms with van der Waals surface area (Å²) in [4.78, 5) is 15.1. The molecule has 0 unspecified atom stereocenters. The lowest BCUT2D eigenvalue weighted by Gasteiger charge is -2.26. The van der Waals surface area contributed by atoms with Crippen LogP contribution in [0.5, 0.6) is 5.75 Å². The van der Waals surface area contributed by atoms with Crippen molar-refractivity contribution >= 4 is 34.0 Å². The average molecular weight is 405 g/mol. The van der Waals surface area contributed by atoms with Crippen molar-refractivity contribution in [3.8, 4) is 17.0 Å². The molecule has 1 fully saturated rings. The second-order valence-electron chi connectivity index (χ2n) is 5.96. The molecule has 1 aliphatic rings. The highest BCUT2D eigenvalue weighted by molar-refractivity contribution is 7.99. The van der Waals surface area contributed by atoms with E-state index >= 15 is 0 Å². The molecule has 0 aliphatic carbocycles. The van der Waals surface area contributed by atoms with Crippen LogP contribution in [0.1, 0.15) is 6.92 Å². The summed E-state index contributed by atoms with van der Waals surface area (Å²) in [6, 6.07) is 7.97. The predicted molar refractivity (Wildman–Crippen MR) is 106 cm³/mol. The first-order chi connectivity index (χ1) is 13.3. The Morgan fingerprint density at radius 1 is 1.26 bits per heavy atom. The summed E-state index contributed by atoms with van der Waals surface area (Å²) in [5.41, 5.74) is 2.08. The maximum absolute atomic E-state index is 12.4. The largest absolute Gasteiger partial charge is 0.494 e. The summed E-state index contributed by atoms with van der Waals surface area (Å²) in [5, 5.41) is 11.3. The number of rotatable bonds is 6. The number of thiazole rings is 1. The number of hydrogen-bond donors (Lipinski definition) is 0. The van der Waals surface area contributed by atoms with Gasteiger partial charge in [-0.15, -0.1) is 21.5 Å². The first-order valence-electron chi connectivity index (χ1n) is 8.80. The normalized spacial score (nSPS) is 14.6. The van der Waals surface area contributed by atoms with Crippen LogP contribution in [0.4, 0.5) is 0 Å². The van der Waals surface area contributed by atoms with E-state index in [-0.39, 0.29) is 5.91 Å². The zero-order valence-corrected chi connectivity index (χ0v) is 16.6. The highest BCUT2D eigenvalue weighted by Crippen LogP contribution is 2.31. The fraction of sp³-hybridized carbons (Fsp3) is 0.389. The van der Waals surface area contributed by atoms with Crippen LogP contribution in [0, 0.1) is 0 Å². The molecule has 0 saturated carbocycles. The van der Waals surface area contributed by atoms with E-state index in [0.717, 1.165) is 27.1 Å². The summed E-state index contributed by atoms with van der Waals surface area (Å²) in [7, 11) is 0. The molecular formula is C18H20N4O3S2. The van der Waals surface area contributed by atoms with Crippen LogP contribution in [0.3, 0.4) is 0 Å². The predicted octanol–water partition coefficient (Wildman–Crippen LogP) is 2.81. The molecule has 1 saturated heterocycles. The molecular weight excluding hydrogens is 384 g/mol. The molecule has 27 heavy (non-hydrogen) atoms. The van der Waals surface area contributed by atoms with Gasteiger partial charge in [-0.3, -0.25) is 9.20 Å². The van der Waals surface area contributed by atoms with Gasteiger partial charge in [0.15, 0.2) is 5.16 Å². The van der Waals surface area contributed by atoms with Crippen molar-refractivity contribution in [1.82, 2.24) is 19.5 Å². The Hall–Kier alpha value is -2.10. The lowest BCUT2D eigenvalue weighted by atomic mass is 10.2. The molecule has 0 bridgehead atoms. The van der Waals surface area contributed by atoms with Crippen molar-refractivity contribution < 1.29 is 14.3 Å². The van der Waals surface area contributed by atoms with E-state index in [1.165, 1.54) is 23.1 Å². The lowest BCUT2D eigenvalue weighted by molar-refractivity contribution is -0.132. The number of carbonyl (C=O) groups excluding carboxylic acids is 1. The smallest absolute Gasteiger partial charge is 0.233 e. The van der Waals surface area contributed by atoms with Crippen LogP contribution in [-0.2, 0) is 9.53 Å². The summed E-state index contributed by atoms with van der Waals surface area (Å²) in [6.45, 7) is 5.14. The van der Waals surface area contributed by atoms with E-state index in [9.17, 15) is 4.79 Å². The highest BCUT2D eigenvalue weighted by atomic mass is 32.2. The quantitative estimate of drug-likeness (QED) is 0.589. The van der Waals surface area contributed by atoms with Gasteiger partial charge in [0.05, 0.1) is 31.3 Å². The van der Waals surface area contributed by atoms with E-state index < -0.39 is 0 Å². The molecule has 0 spiro atoms. The number of ether oxygens (including phenoxy) is 2. The van der Waals surface area contributed by atoms with Gasteiger partial charge in [0.25, 0.3) is 0 Å². The van der Waals surface area contributed by atoms with Gasteiger partial charge in [-0.05, 0) is 36.8 Å². The van der Waals surface area contributed by atoms with Crippen molar-refractivity contribution in [3.05, 3.63) is 29.6 Å². The maximum atomic E-state index is 12.4. The molecule has 4 rings (SSSR count). The maximum Gasteiger partial charge on any atom is 0.233 e. The molecule has 1 aliphatic heterocycles. The molecule has 9 heteroatoms. The molecule has 0 radical (unpaired) electrons. The Kier molecular flexibility index (Phi) is 5.61. The van der Waals surface area contributed by atoms with Crippen LogP contribution in [0.2, 0.25) is 0 Å². The van der Waals surface area contributed by atoms with Crippen LogP contribution in [0.25, 0.3) is 16.2 Å². The first-order valence-corrected chi connectivity index (χ1v) is 10.7. The zero-order chi connectivity index (χ0) is 18.6. The van der Waals surface area contributed by atoms with Crippen molar-refractivity contribution in [2.75, 3.05) is 38.7 Å². The molecule has 7 nitrogen and oxygen atoms in total. The molecule has 2 aromatic heterocycles. The minimum absolute atomic E-state index is 0.109. The summed E-state index contributed by atoms with van der Waals surface area (Å²) in [6.07, 6.45) is 0. The van der Waals surface area contributed by atoms with Gasteiger partial charge in [-0.1, -0.05) is 11.8 Å². The number of benzene rings is 1. The Labute approximate surface area is 165 Å². The SMILES string of the molecule is CCOc1ccc(-c2csc3nnc(SCC(=O)N4CCOCC4)n23)cc1. The van der Waals surface area contributed by atoms with Gasteiger partial charge in [-0.25, -0.2) is 0 Å². The topological polar surface area (TPSA) is 69.0 Å². The van der Waals surface area contributed by atoms with E-state index in [4.69, 9.17) is 9.47 Å². The van der Waals surface area contributed by atoms with Gasteiger partial charge in [0, 0.05) is 18.5 Å². The molecule has 1 amide bonds. The van der Waals surface area contributed by atoms with Crippen LogP contribution in [-0.4, -0.2) is 64.1 Å². The summed E-state index contributed by atoms with van der Waals surface area (Å²) < 4.78 is 12.8. The van der Waals surface area contributed by atoms with E-state index in [1.54, 1.807) is 0 Å². The molecule has 1 aromatic carbocycles. The highest BCUT2D eigenvalue weighted by Gasteiger charge is 2.19. The van der Waals surface area contributed by atoms with Crippen LogP contribution < -0.4 is 4.74 Å². The fourth-order valence-electron chi connectivity index (χ4n) is 2.91. The first kappa shape index (κ1) is 18.3. The molecule has 142 valence electrons. The van der Waals surface area contributed by atoms with Crippen molar-refractivity contribution in [2.45, 2.75) is 12.1 Å². The minimum Gasteiger partial charge on any atom is -0.494 e. The number of nitrogens with zero attached hydrogens (tertiary/aromatic N) is 4. The Bertz CT molecular complexity index is 916. The number of amides is 1. The Morgan fingerprint density at radius 2 is 2.04 bits per heavy atom. The third kappa shape index (κ3) is 3.95. The fourth-order valence-corrected chi connectivity index (χ4v) is 4.65. The van der Waals surface area contributed by atoms with Crippen LogP contribution in [0.15, 0.2) is 34.8 Å². The van der Waals surface area contributed by atoms with Crippen molar-refractivity contribution in [3.63, 3.8) is 0 Å². The van der Waals surface area contributed by atoms with Gasteiger partial charge < -0.3 is 14.4 Å². The number of hydrogen-bond acceptors (Lipinski definition) is 7. The molecule has 3 aromatic rings. The average Bonchev–Trinajstić information content (AvgIpc) is 3.30. The van der Waals surface area contributed by atoms with Gasteiger partial charge in [0.1, 0.15) is 5.75 Å². The van der Waals surface area contributed by atoms with E-state index in [1.807, 2.05) is 40.5 Å². The van der Waals surface area contributed by atoms with E-state index in [2.05, 4.69) is 15.6 Å². The van der Waals surface area contributed by atoms with Gasteiger partial charge in [-0.2, -0.15) is 0 Å². The standard InChI is InChI=1S/C18H20N4O3S2/c1-2-25-14-5-3-13(4-6-14)15-11-26-17-19-20-18(22(15)17)27-12-16(23)21-7-9-24-10-8-21/h3-6,11H,2,7-10,12H2,1H3. The number of carbonyl (C=O) groups is 1. The van der Waals surface area contributed by atoms with Crippen molar-refractivity contribution in [1.29, 1.82) is 0 Å². The number of thioether (sulfide) groups is 1. The summed E-state index contributed by atoms with van der Waals surface area (Å²) in [5.74, 6) is 1.30. The second-order valence-corrected chi connectivity index (χ2v) is 7.74. The number of morpholine rings is 1. The van der Waals surface area contributed by atoms with Crippen molar-refractivity contribution in [2.24, 2.45) is 0 Å². The molecule has 0 atom stereocenters. The zero-order valence-electron chi connectivity index (χ0n) is 15.0. The number of fused-ring (bicyclic) bond motifs is 1. The Balaban J connectivity index is 1.52. The van der Waals surface area contributed by atoms with Crippen LogP contribution >= 0.6 is 23.1 Å². The number of aromatic nitrogens is 3. The van der Waals surface area contributed by atoms with Gasteiger partial charge in [0.2, 0.25) is 10.9 Å². The third-order valence-corrected chi connectivity index (χ3v) is 6.00. The molecule has 0 N–H and O–H groups in total. The second kappa shape index (κ2) is 8.28. The Morgan fingerprint density at radius 3 is 2.78 bits per heavy atom. The monoisotopic (exact) mass is 404 g/mol. The lowest BCUT2D eigenvalue weighted by Crippen LogP contribution is -2.41. The minimum atomic E-state index is 0.109. The summed E-state index contributed by atoms with van der Waals surface area (Å²) >= 11 is 2.96.